The van der Waals surface area contributed by atoms with Gasteiger partial charge in [-0.1, -0.05) is 0 Å². The molecule has 6 heteroatoms. The Bertz CT molecular complexity index is 396. The molecule has 4 nitrogen and oxygen atoms in total. The van der Waals surface area contributed by atoms with Crippen LogP contribution in [0.3, 0.4) is 0 Å². The lowest BCUT2D eigenvalue weighted by molar-refractivity contribution is -0.0107. The number of morpholine rings is 1. The number of nitrogens with zero attached hydrogens (tertiary/aromatic N) is 1. The molecule has 0 spiro atoms. The highest BCUT2D eigenvalue weighted by atomic mass is 35.5. The number of hydrogen-bond donors (Lipinski definition) is 0. The van der Waals surface area contributed by atoms with E-state index in [1.165, 1.54) is 11.3 Å². The Kier molecular flexibility index (Phi) is 4.25. The number of amides is 1. The van der Waals surface area contributed by atoms with Gasteiger partial charge in [0.1, 0.15) is 10.6 Å². The van der Waals surface area contributed by atoms with Crippen molar-refractivity contribution in [2.75, 3.05) is 32.7 Å². The first kappa shape index (κ1) is 12.7. The molecule has 1 fully saturated rings. The number of rotatable bonds is 3. The first-order valence-corrected chi connectivity index (χ1v) is 6.76. The zero-order valence-electron chi connectivity index (χ0n) is 9.52. The van der Waals surface area contributed by atoms with Gasteiger partial charge in [-0.05, 0) is 11.4 Å². The molecule has 0 aromatic carbocycles. The van der Waals surface area contributed by atoms with E-state index in [-0.39, 0.29) is 12.0 Å². The Morgan fingerprint density at radius 3 is 3.29 bits per heavy atom. The normalized spacial score (nSPS) is 20.4. The van der Waals surface area contributed by atoms with Crippen LogP contribution < -0.4 is 4.74 Å². The first-order chi connectivity index (χ1) is 8.26. The molecule has 2 rings (SSSR count). The minimum Gasteiger partial charge on any atom is -0.495 e. The zero-order valence-corrected chi connectivity index (χ0v) is 11.1. The zero-order chi connectivity index (χ0) is 12.3. The number of thiophene rings is 1. The predicted molar refractivity (Wildman–Crippen MR) is 67.2 cm³/mol. The quantitative estimate of drug-likeness (QED) is 0.790. The van der Waals surface area contributed by atoms with Gasteiger partial charge >= 0.3 is 0 Å². The maximum absolute atomic E-state index is 12.3. The Balaban J connectivity index is 2.09. The van der Waals surface area contributed by atoms with E-state index in [9.17, 15) is 4.79 Å². The molecule has 1 saturated heterocycles. The van der Waals surface area contributed by atoms with Crippen LogP contribution in [-0.2, 0) is 4.74 Å². The highest BCUT2D eigenvalue weighted by Crippen LogP contribution is 2.26. The summed E-state index contributed by atoms with van der Waals surface area (Å²) in [7, 11) is 1.57. The number of alkyl halides is 1. The maximum Gasteiger partial charge on any atom is 0.267 e. The van der Waals surface area contributed by atoms with Gasteiger partial charge in [-0.3, -0.25) is 4.79 Å². The fourth-order valence-corrected chi connectivity index (χ4v) is 2.77. The van der Waals surface area contributed by atoms with Gasteiger partial charge in [0.15, 0.2) is 0 Å². The standard InChI is InChI=1S/C11H14ClNO3S/c1-15-9-2-5-17-10(9)11(14)13-3-4-16-8(6-12)7-13/h2,5,8H,3-4,6-7H2,1H3. The smallest absolute Gasteiger partial charge is 0.267 e. The van der Waals surface area contributed by atoms with Crippen LogP contribution in [0.2, 0.25) is 0 Å². The largest absolute Gasteiger partial charge is 0.495 e. The molecule has 1 atom stereocenters. The molecule has 1 amide bonds. The second-order valence-electron chi connectivity index (χ2n) is 3.72. The molecule has 1 aromatic rings. The van der Waals surface area contributed by atoms with E-state index < -0.39 is 0 Å². The van der Waals surface area contributed by atoms with Crippen molar-refractivity contribution in [1.82, 2.24) is 4.90 Å². The Labute approximate surface area is 109 Å². The lowest BCUT2D eigenvalue weighted by Crippen LogP contribution is -2.46. The molecule has 0 saturated carbocycles. The summed E-state index contributed by atoms with van der Waals surface area (Å²) in [6, 6.07) is 1.80. The van der Waals surface area contributed by atoms with Crippen LogP contribution in [-0.4, -0.2) is 49.6 Å². The third-order valence-electron chi connectivity index (χ3n) is 2.64. The molecule has 2 heterocycles. The summed E-state index contributed by atoms with van der Waals surface area (Å²) in [6.45, 7) is 1.69. The fourth-order valence-electron chi connectivity index (χ4n) is 1.75. The molecule has 0 N–H and O–H groups in total. The molecular formula is C11H14ClNO3S. The number of carbonyl (C=O) groups excluding carboxylic acids is 1. The van der Waals surface area contributed by atoms with Crippen LogP contribution in [0.25, 0.3) is 0 Å². The van der Waals surface area contributed by atoms with Crippen LogP contribution in [0, 0.1) is 0 Å². The summed E-state index contributed by atoms with van der Waals surface area (Å²) in [5.74, 6) is 1.04. The summed E-state index contributed by atoms with van der Waals surface area (Å²) in [5.41, 5.74) is 0. The summed E-state index contributed by atoms with van der Waals surface area (Å²) in [6.07, 6.45) is -0.0691. The highest BCUT2D eigenvalue weighted by molar-refractivity contribution is 7.12. The van der Waals surface area contributed by atoms with Crippen molar-refractivity contribution in [2.45, 2.75) is 6.10 Å². The van der Waals surface area contributed by atoms with E-state index in [1.807, 2.05) is 5.38 Å². The van der Waals surface area contributed by atoms with Crippen molar-refractivity contribution in [1.29, 1.82) is 0 Å². The summed E-state index contributed by atoms with van der Waals surface area (Å²) >= 11 is 7.14. The summed E-state index contributed by atoms with van der Waals surface area (Å²) < 4.78 is 10.6. The van der Waals surface area contributed by atoms with Crippen molar-refractivity contribution in [3.05, 3.63) is 16.3 Å². The number of hydrogen-bond acceptors (Lipinski definition) is 4. The summed E-state index contributed by atoms with van der Waals surface area (Å²) in [5, 5.41) is 1.85. The highest BCUT2D eigenvalue weighted by Gasteiger charge is 2.26. The number of halogens is 1. The van der Waals surface area contributed by atoms with Crippen LogP contribution >= 0.6 is 22.9 Å². The van der Waals surface area contributed by atoms with E-state index in [2.05, 4.69) is 0 Å². The molecule has 94 valence electrons. The van der Waals surface area contributed by atoms with Crippen molar-refractivity contribution in [2.24, 2.45) is 0 Å². The second-order valence-corrected chi connectivity index (χ2v) is 4.94. The molecule has 0 radical (unpaired) electrons. The molecule has 0 bridgehead atoms. The number of methoxy groups -OCH3 is 1. The Morgan fingerprint density at radius 1 is 1.76 bits per heavy atom. The molecule has 17 heavy (non-hydrogen) atoms. The SMILES string of the molecule is COc1ccsc1C(=O)N1CCOC(CCl)C1. The second kappa shape index (κ2) is 5.71. The molecule has 1 unspecified atom stereocenters. The van der Waals surface area contributed by atoms with Gasteiger partial charge in [-0.15, -0.1) is 22.9 Å². The van der Waals surface area contributed by atoms with Gasteiger partial charge in [0.2, 0.25) is 0 Å². The van der Waals surface area contributed by atoms with Gasteiger partial charge in [0, 0.05) is 13.1 Å². The third-order valence-corrected chi connectivity index (χ3v) is 3.87. The topological polar surface area (TPSA) is 38.8 Å². The summed E-state index contributed by atoms with van der Waals surface area (Å²) in [4.78, 5) is 14.7. The number of carbonyl (C=O) groups is 1. The van der Waals surface area contributed by atoms with Gasteiger partial charge in [0.25, 0.3) is 5.91 Å². The monoisotopic (exact) mass is 275 g/mol. The van der Waals surface area contributed by atoms with Crippen LogP contribution in [0.1, 0.15) is 9.67 Å². The molecule has 1 aliphatic rings. The van der Waals surface area contributed by atoms with Crippen molar-refractivity contribution < 1.29 is 14.3 Å². The minimum atomic E-state index is -0.0691. The minimum absolute atomic E-state index is 0.00438. The maximum atomic E-state index is 12.3. The van der Waals surface area contributed by atoms with Crippen LogP contribution in [0.4, 0.5) is 0 Å². The van der Waals surface area contributed by atoms with Gasteiger partial charge in [-0.25, -0.2) is 0 Å². The lowest BCUT2D eigenvalue weighted by atomic mass is 10.2. The van der Waals surface area contributed by atoms with Gasteiger partial charge < -0.3 is 14.4 Å². The average Bonchev–Trinajstić information content (AvgIpc) is 2.86. The predicted octanol–water partition coefficient (Wildman–Crippen LogP) is 1.84. The van der Waals surface area contributed by atoms with E-state index in [0.29, 0.717) is 36.2 Å². The van der Waals surface area contributed by atoms with Gasteiger partial charge in [-0.2, -0.15) is 0 Å². The molecular weight excluding hydrogens is 262 g/mol. The molecule has 1 aromatic heterocycles. The molecule has 1 aliphatic heterocycles. The molecule has 0 aliphatic carbocycles. The van der Waals surface area contributed by atoms with Crippen LogP contribution in [0.15, 0.2) is 11.4 Å². The number of ether oxygens (including phenoxy) is 2. The van der Waals surface area contributed by atoms with Crippen molar-refractivity contribution >= 4 is 28.8 Å². The van der Waals surface area contributed by atoms with Gasteiger partial charge in [0.05, 0.1) is 25.7 Å². The fraction of sp³-hybridized carbons (Fsp3) is 0.545. The Morgan fingerprint density at radius 2 is 2.59 bits per heavy atom. The average molecular weight is 276 g/mol. The van der Waals surface area contributed by atoms with Crippen molar-refractivity contribution in [3.63, 3.8) is 0 Å². The third kappa shape index (κ3) is 2.73. The van der Waals surface area contributed by atoms with Crippen LogP contribution in [0.5, 0.6) is 5.75 Å². The van der Waals surface area contributed by atoms with E-state index >= 15 is 0 Å². The van der Waals surface area contributed by atoms with E-state index in [0.717, 1.165) is 0 Å². The van der Waals surface area contributed by atoms with E-state index in [4.69, 9.17) is 21.1 Å². The van der Waals surface area contributed by atoms with E-state index in [1.54, 1.807) is 18.1 Å². The first-order valence-electron chi connectivity index (χ1n) is 5.34. The lowest BCUT2D eigenvalue weighted by Gasteiger charge is -2.31. The van der Waals surface area contributed by atoms with Crippen molar-refractivity contribution in [3.8, 4) is 5.75 Å². The Hall–Kier alpha value is -0.780.